The summed E-state index contributed by atoms with van der Waals surface area (Å²) in [5, 5.41) is 9.65. The number of carbonyl (C=O) groups is 1. The summed E-state index contributed by atoms with van der Waals surface area (Å²) < 4.78 is 17.2. The van der Waals surface area contributed by atoms with Crippen LogP contribution in [0.4, 0.5) is 9.90 Å². The second-order valence-electron chi connectivity index (χ2n) is 3.18. The molecule has 1 N–H and O–H groups in total. The molecule has 0 aliphatic heterocycles. The summed E-state index contributed by atoms with van der Waals surface area (Å²) in [6, 6.07) is 6.09. The molecule has 0 saturated heterocycles. The van der Waals surface area contributed by atoms with E-state index in [1.807, 2.05) is 0 Å². The van der Waals surface area contributed by atoms with Gasteiger partial charge in [0.1, 0.15) is 0 Å². The van der Waals surface area contributed by atoms with Crippen LogP contribution in [0.1, 0.15) is 16.2 Å². The number of halogens is 1. The lowest BCUT2D eigenvalue weighted by molar-refractivity contribution is 0.102. The van der Waals surface area contributed by atoms with E-state index in [4.69, 9.17) is 4.42 Å². The number of aryl methyl sites for hydroxylation is 1. The van der Waals surface area contributed by atoms with E-state index >= 15 is 0 Å². The molecule has 2 rings (SSSR count). The maximum absolute atomic E-state index is 12.2. The summed E-state index contributed by atoms with van der Waals surface area (Å²) in [7, 11) is 0. The Kier molecular flexibility index (Phi) is 3.38. The smallest absolute Gasteiger partial charge is 0.322 e. The number of hydrogen-bond donors (Lipinski definition) is 1. The fourth-order valence-electron chi connectivity index (χ4n) is 1.17. The molecule has 0 spiro atoms. The molecule has 0 atom stereocenters. The van der Waals surface area contributed by atoms with Gasteiger partial charge in [-0.3, -0.25) is 10.1 Å². The zero-order chi connectivity index (χ0) is 12.3. The summed E-state index contributed by atoms with van der Waals surface area (Å²) in [5.41, 5.74) is 0.388. The van der Waals surface area contributed by atoms with Crippen molar-refractivity contribution in [2.75, 3.05) is 5.32 Å². The predicted molar refractivity (Wildman–Crippen MR) is 60.4 cm³/mol. The Bertz CT molecular complexity index is 527. The van der Waals surface area contributed by atoms with Crippen molar-refractivity contribution >= 4 is 24.1 Å². The molecule has 88 valence electrons. The minimum Gasteiger partial charge on any atom is -0.408 e. The molecule has 0 unspecified atom stereocenters. The maximum atomic E-state index is 12.2. The van der Waals surface area contributed by atoms with Gasteiger partial charge in [-0.2, -0.15) is 3.89 Å². The Balaban J connectivity index is 2.09. The molecule has 1 aromatic heterocycles. The van der Waals surface area contributed by atoms with Crippen LogP contribution in [0.5, 0.6) is 0 Å². The summed E-state index contributed by atoms with van der Waals surface area (Å²) in [4.78, 5) is 12.1. The summed E-state index contributed by atoms with van der Waals surface area (Å²) in [6.45, 7) is 1.62. The van der Waals surface area contributed by atoms with Crippen molar-refractivity contribution in [3.8, 4) is 0 Å². The van der Waals surface area contributed by atoms with Gasteiger partial charge < -0.3 is 4.42 Å². The van der Waals surface area contributed by atoms with Crippen LogP contribution < -0.4 is 5.32 Å². The van der Waals surface area contributed by atoms with E-state index in [-0.39, 0.29) is 24.1 Å². The third-order valence-corrected chi connectivity index (χ3v) is 2.40. The average Bonchev–Trinajstić information content (AvgIpc) is 2.75. The van der Waals surface area contributed by atoms with Crippen molar-refractivity contribution in [3.63, 3.8) is 0 Å². The Morgan fingerprint density at radius 1 is 1.35 bits per heavy atom. The van der Waals surface area contributed by atoms with Crippen LogP contribution in [0.15, 0.2) is 33.6 Å². The lowest BCUT2D eigenvalue weighted by Gasteiger charge is -2.00. The Morgan fingerprint density at radius 3 is 2.59 bits per heavy atom. The molecule has 5 nitrogen and oxygen atoms in total. The van der Waals surface area contributed by atoms with Gasteiger partial charge in [-0.25, -0.2) is 0 Å². The van der Waals surface area contributed by atoms with E-state index in [2.05, 4.69) is 15.5 Å². The third-order valence-electron chi connectivity index (χ3n) is 1.95. The molecule has 1 aromatic carbocycles. The van der Waals surface area contributed by atoms with Crippen LogP contribution in [0.2, 0.25) is 0 Å². The number of nitrogens with zero attached hydrogens (tertiary/aromatic N) is 2. The van der Waals surface area contributed by atoms with E-state index in [1.165, 1.54) is 24.3 Å². The van der Waals surface area contributed by atoms with Gasteiger partial charge in [0.15, 0.2) is 0 Å². The van der Waals surface area contributed by atoms with Crippen LogP contribution >= 0.6 is 12.1 Å². The second-order valence-corrected chi connectivity index (χ2v) is 3.81. The minimum atomic E-state index is -0.385. The molecule has 1 heterocycles. The van der Waals surface area contributed by atoms with Crippen LogP contribution in [-0.2, 0) is 0 Å². The molecule has 17 heavy (non-hydrogen) atoms. The monoisotopic (exact) mass is 253 g/mol. The Hall–Kier alpha value is -1.89. The SMILES string of the molecule is Cc1nnc(NC(=O)c2ccc(SF)cc2)o1. The van der Waals surface area contributed by atoms with Gasteiger partial charge in [-0.05, 0) is 24.3 Å². The molecule has 0 radical (unpaired) electrons. The maximum Gasteiger partial charge on any atom is 0.322 e. The zero-order valence-corrected chi connectivity index (χ0v) is 9.62. The van der Waals surface area contributed by atoms with Crippen LogP contribution in [0.3, 0.4) is 0 Å². The van der Waals surface area contributed by atoms with Crippen molar-refractivity contribution in [1.82, 2.24) is 10.2 Å². The molecule has 0 aliphatic rings. The number of benzene rings is 1. The van der Waals surface area contributed by atoms with Crippen molar-refractivity contribution in [1.29, 1.82) is 0 Å². The topological polar surface area (TPSA) is 68.0 Å². The summed E-state index contributed by atoms with van der Waals surface area (Å²) in [5.74, 6) is -0.0199. The highest BCUT2D eigenvalue weighted by Gasteiger charge is 2.10. The first-order valence-electron chi connectivity index (χ1n) is 4.69. The van der Waals surface area contributed by atoms with Crippen molar-refractivity contribution in [2.24, 2.45) is 0 Å². The number of rotatable bonds is 3. The number of nitrogens with one attached hydrogen (secondary N) is 1. The van der Waals surface area contributed by atoms with E-state index in [1.54, 1.807) is 6.92 Å². The zero-order valence-electron chi connectivity index (χ0n) is 8.81. The molecular weight excluding hydrogens is 245 g/mol. The average molecular weight is 253 g/mol. The Morgan fingerprint density at radius 2 is 2.06 bits per heavy atom. The van der Waals surface area contributed by atoms with E-state index in [9.17, 15) is 8.68 Å². The third kappa shape index (κ3) is 2.82. The highest BCUT2D eigenvalue weighted by molar-refractivity contribution is 7.94. The summed E-state index contributed by atoms with van der Waals surface area (Å²) >= 11 is 0.124. The highest BCUT2D eigenvalue weighted by Crippen LogP contribution is 2.19. The minimum absolute atomic E-state index is 0.0384. The number of anilines is 1. The molecule has 2 aromatic rings. The fourth-order valence-corrected chi connectivity index (χ4v) is 1.41. The number of hydrogen-bond acceptors (Lipinski definition) is 5. The predicted octanol–water partition coefficient (Wildman–Crippen LogP) is 2.61. The van der Waals surface area contributed by atoms with Crippen molar-refractivity contribution in [2.45, 2.75) is 11.8 Å². The first-order chi connectivity index (χ1) is 8.19. The van der Waals surface area contributed by atoms with Gasteiger partial charge in [0.25, 0.3) is 5.91 Å². The molecular formula is C10H8FN3O2S. The molecule has 0 saturated carbocycles. The number of amides is 1. The van der Waals surface area contributed by atoms with Gasteiger partial charge in [-0.15, -0.1) is 5.10 Å². The Labute approximate surface area is 101 Å². The lowest BCUT2D eigenvalue weighted by Crippen LogP contribution is -2.11. The largest absolute Gasteiger partial charge is 0.408 e. The molecule has 0 fully saturated rings. The summed E-state index contributed by atoms with van der Waals surface area (Å²) in [6.07, 6.45) is 0. The van der Waals surface area contributed by atoms with Gasteiger partial charge in [0, 0.05) is 17.4 Å². The highest BCUT2D eigenvalue weighted by atomic mass is 32.2. The molecule has 7 heteroatoms. The number of aromatic nitrogens is 2. The van der Waals surface area contributed by atoms with Gasteiger partial charge in [0.2, 0.25) is 5.89 Å². The van der Waals surface area contributed by atoms with Gasteiger partial charge in [-0.1, -0.05) is 5.10 Å². The quantitative estimate of drug-likeness (QED) is 0.910. The van der Waals surface area contributed by atoms with E-state index < -0.39 is 0 Å². The number of carbonyl (C=O) groups excluding carboxylic acids is 1. The first-order valence-corrected chi connectivity index (χ1v) is 5.41. The lowest BCUT2D eigenvalue weighted by atomic mass is 10.2. The van der Waals surface area contributed by atoms with Crippen LogP contribution in [0.25, 0.3) is 0 Å². The van der Waals surface area contributed by atoms with E-state index in [0.717, 1.165) is 0 Å². The van der Waals surface area contributed by atoms with Gasteiger partial charge >= 0.3 is 6.01 Å². The molecule has 1 amide bonds. The van der Waals surface area contributed by atoms with Crippen LogP contribution in [-0.4, -0.2) is 16.1 Å². The van der Waals surface area contributed by atoms with E-state index in [0.29, 0.717) is 16.3 Å². The first kappa shape index (κ1) is 11.6. The normalized spacial score (nSPS) is 10.2. The molecule has 0 bridgehead atoms. The van der Waals surface area contributed by atoms with Crippen LogP contribution in [0, 0.1) is 6.92 Å². The van der Waals surface area contributed by atoms with Gasteiger partial charge in [0.05, 0.1) is 12.1 Å². The van der Waals surface area contributed by atoms with Crippen molar-refractivity contribution in [3.05, 3.63) is 35.7 Å². The fraction of sp³-hybridized carbons (Fsp3) is 0.100. The second kappa shape index (κ2) is 4.96. The van der Waals surface area contributed by atoms with Crippen molar-refractivity contribution < 1.29 is 13.1 Å². The molecule has 0 aliphatic carbocycles. The standard InChI is InChI=1S/C10H8FN3O2S/c1-6-13-14-10(16-6)12-9(15)7-2-4-8(17-11)5-3-7/h2-5H,1H3,(H,12,14,15).